The second-order valence-electron chi connectivity index (χ2n) is 16.7. The molecule has 350 valence electrons. The Morgan fingerprint density at radius 2 is 0.968 bits per heavy atom. The minimum absolute atomic E-state index is 0.0392. The van der Waals surface area contributed by atoms with E-state index in [1.165, 1.54) is 32.1 Å². The van der Waals surface area contributed by atoms with E-state index in [1.54, 1.807) is 0 Å². The van der Waals surface area contributed by atoms with Gasteiger partial charge in [-0.1, -0.05) is 181 Å². The molecule has 8 nitrogen and oxygen atoms in total. The molecule has 0 aromatic rings. The van der Waals surface area contributed by atoms with Gasteiger partial charge in [0.25, 0.3) is 0 Å². The number of allylic oxidation sites excluding steroid dienone is 18. The average Bonchev–Trinajstić information content (AvgIpc) is 3.23. The zero-order valence-corrected chi connectivity index (χ0v) is 39.8. The summed E-state index contributed by atoms with van der Waals surface area (Å²) in [7, 11) is 5.50. The summed E-state index contributed by atoms with van der Waals surface area (Å²) in [5.74, 6) is -1.53. The summed E-state index contributed by atoms with van der Waals surface area (Å²) in [4.78, 5) is 37.1. The lowest BCUT2D eigenvalue weighted by molar-refractivity contribution is -0.887. The van der Waals surface area contributed by atoms with Crippen LogP contribution < -0.4 is 0 Å². The number of carbonyl (C=O) groups is 3. The molecule has 0 amide bonds. The van der Waals surface area contributed by atoms with Crippen molar-refractivity contribution in [2.75, 3.05) is 41.0 Å². The number of carboxylic acid groups (broad SMARTS) is 1. The molecule has 0 saturated carbocycles. The summed E-state index contributed by atoms with van der Waals surface area (Å²) in [6.07, 6.45) is 59.8. The van der Waals surface area contributed by atoms with E-state index < -0.39 is 18.1 Å². The Morgan fingerprint density at radius 1 is 0.516 bits per heavy atom. The van der Waals surface area contributed by atoms with Gasteiger partial charge in [-0.05, 0) is 70.6 Å². The van der Waals surface area contributed by atoms with Gasteiger partial charge in [-0.25, -0.2) is 4.79 Å². The average molecular weight is 863 g/mol. The van der Waals surface area contributed by atoms with Gasteiger partial charge in [-0.3, -0.25) is 9.59 Å². The van der Waals surface area contributed by atoms with E-state index in [1.807, 2.05) is 57.6 Å². The number of unbranched alkanes of at least 4 members (excludes halogenated alkanes) is 13. The van der Waals surface area contributed by atoms with Crippen molar-refractivity contribution < 1.29 is 38.2 Å². The molecule has 0 spiro atoms. The Bertz CT molecular complexity index is 1370. The predicted molar refractivity (Wildman–Crippen MR) is 261 cm³/mol. The quantitative estimate of drug-likeness (QED) is 0.0215. The molecule has 0 radical (unpaired) electrons. The molecule has 0 aromatic carbocycles. The standard InChI is InChI=1S/C54H87NO7/c1-6-8-10-12-14-16-18-20-22-24-26-27-29-30-32-34-36-38-40-42-44-52(56)61-49-50(48-60-47-46-51(54(58)59)55(3,4)5)62-53(57)45-43-41-39-37-35-33-31-28-25-23-21-19-17-15-13-11-9-7-2/h8,10-11,13-17,19-23,25-28,31,50-51H,6-7,9,12,18,24,29-30,32-49H2,1-5H3/p+1/b10-8+,13-11+,16-14+,17-15+,21-19+,22-20+,25-23+,27-26+,31-28+. The van der Waals surface area contributed by atoms with Crippen LogP contribution in [-0.4, -0.2) is 80.6 Å². The predicted octanol–water partition coefficient (Wildman–Crippen LogP) is 13.6. The lowest BCUT2D eigenvalue weighted by atomic mass is 10.1. The molecule has 1 N–H and O–H groups in total. The smallest absolute Gasteiger partial charge is 0.362 e. The summed E-state index contributed by atoms with van der Waals surface area (Å²) >= 11 is 0. The molecule has 0 bridgehead atoms. The Kier molecular flexibility index (Phi) is 40.8. The number of hydrogen-bond donors (Lipinski definition) is 1. The van der Waals surface area contributed by atoms with E-state index in [0.29, 0.717) is 19.3 Å². The highest BCUT2D eigenvalue weighted by atomic mass is 16.6. The molecule has 2 atom stereocenters. The van der Waals surface area contributed by atoms with Crippen LogP contribution in [-0.2, 0) is 28.6 Å². The van der Waals surface area contributed by atoms with Crippen LogP contribution in [0.15, 0.2) is 109 Å². The molecule has 0 rings (SSSR count). The van der Waals surface area contributed by atoms with Gasteiger partial charge >= 0.3 is 17.9 Å². The number of carboxylic acids is 1. The number of likely N-dealkylation sites (N-methyl/N-ethyl adjacent to an activating group) is 1. The van der Waals surface area contributed by atoms with Gasteiger partial charge in [-0.15, -0.1) is 0 Å². The van der Waals surface area contributed by atoms with Crippen molar-refractivity contribution in [3.63, 3.8) is 0 Å². The minimum atomic E-state index is -0.886. The first-order chi connectivity index (χ1) is 30.1. The van der Waals surface area contributed by atoms with Gasteiger partial charge in [0.05, 0.1) is 34.4 Å². The van der Waals surface area contributed by atoms with Crippen molar-refractivity contribution in [3.05, 3.63) is 109 Å². The van der Waals surface area contributed by atoms with Crippen molar-refractivity contribution in [2.45, 2.75) is 174 Å². The molecule has 0 saturated heterocycles. The summed E-state index contributed by atoms with van der Waals surface area (Å²) in [6, 6.07) is -0.629. The molecule has 0 aliphatic carbocycles. The zero-order valence-electron chi connectivity index (χ0n) is 39.8. The first-order valence-corrected chi connectivity index (χ1v) is 24.0. The lowest BCUT2D eigenvalue weighted by Gasteiger charge is -2.31. The lowest BCUT2D eigenvalue weighted by Crippen LogP contribution is -2.50. The first kappa shape index (κ1) is 58.0. The first-order valence-electron chi connectivity index (χ1n) is 24.0. The van der Waals surface area contributed by atoms with Crippen LogP contribution in [0.1, 0.15) is 162 Å². The third kappa shape index (κ3) is 41.3. The van der Waals surface area contributed by atoms with Crippen LogP contribution in [0.5, 0.6) is 0 Å². The number of aliphatic carboxylic acids is 1. The second-order valence-corrected chi connectivity index (χ2v) is 16.7. The summed E-state index contributed by atoms with van der Waals surface area (Å²) < 4.78 is 17.3. The van der Waals surface area contributed by atoms with Crippen molar-refractivity contribution >= 4 is 17.9 Å². The number of hydrogen-bond acceptors (Lipinski definition) is 6. The maximum absolute atomic E-state index is 12.8. The maximum atomic E-state index is 12.8. The van der Waals surface area contributed by atoms with Crippen molar-refractivity contribution in [1.82, 2.24) is 0 Å². The largest absolute Gasteiger partial charge is 0.477 e. The third-order valence-corrected chi connectivity index (χ3v) is 10.0. The maximum Gasteiger partial charge on any atom is 0.362 e. The van der Waals surface area contributed by atoms with Gasteiger partial charge < -0.3 is 23.8 Å². The van der Waals surface area contributed by atoms with Crippen LogP contribution in [0.25, 0.3) is 0 Å². The fraction of sp³-hybridized carbons (Fsp3) is 0.611. The second kappa shape index (κ2) is 43.6. The SMILES string of the molecule is CC/C=C/C/C=C/C/C=C/C/C=C/CCCCCCCCCC(=O)OCC(COCCC(C(=O)O)[N+](C)(C)C)OC(=O)CCCCCCC/C=C/C=C/C=C/C=C/C=C/CCC. The topological polar surface area (TPSA) is 99.1 Å². The Labute approximate surface area is 378 Å². The van der Waals surface area contributed by atoms with Gasteiger partial charge in [-0.2, -0.15) is 0 Å². The molecule has 62 heavy (non-hydrogen) atoms. The molecule has 8 heteroatoms. The Balaban J connectivity index is 4.39. The van der Waals surface area contributed by atoms with E-state index in [4.69, 9.17) is 14.2 Å². The summed E-state index contributed by atoms with van der Waals surface area (Å²) in [5.41, 5.74) is 0. The van der Waals surface area contributed by atoms with Crippen molar-refractivity contribution in [1.29, 1.82) is 0 Å². The molecule has 0 aliphatic heterocycles. The highest BCUT2D eigenvalue weighted by Gasteiger charge is 2.31. The van der Waals surface area contributed by atoms with E-state index >= 15 is 0 Å². The highest BCUT2D eigenvalue weighted by molar-refractivity contribution is 5.72. The van der Waals surface area contributed by atoms with Crippen LogP contribution >= 0.6 is 0 Å². The Hall–Kier alpha value is -4.01. The van der Waals surface area contributed by atoms with Crippen molar-refractivity contribution in [3.8, 4) is 0 Å². The van der Waals surface area contributed by atoms with Crippen LogP contribution in [0.4, 0.5) is 0 Å². The number of ether oxygens (including phenoxy) is 3. The summed E-state index contributed by atoms with van der Waals surface area (Å²) in [6.45, 7) is 4.48. The van der Waals surface area contributed by atoms with Gasteiger partial charge in [0.2, 0.25) is 0 Å². The van der Waals surface area contributed by atoms with E-state index in [-0.39, 0.29) is 36.2 Å². The fourth-order valence-corrected chi connectivity index (χ4v) is 6.35. The minimum Gasteiger partial charge on any atom is -0.477 e. The molecule has 2 unspecified atom stereocenters. The summed E-state index contributed by atoms with van der Waals surface area (Å²) in [5, 5.41) is 9.64. The fourth-order valence-electron chi connectivity index (χ4n) is 6.35. The van der Waals surface area contributed by atoms with Crippen LogP contribution in [0, 0.1) is 0 Å². The zero-order chi connectivity index (χ0) is 45.6. The van der Waals surface area contributed by atoms with Gasteiger partial charge in [0, 0.05) is 19.3 Å². The van der Waals surface area contributed by atoms with Gasteiger partial charge in [0.1, 0.15) is 6.61 Å². The number of quaternary nitrogens is 1. The van der Waals surface area contributed by atoms with Crippen LogP contribution in [0.3, 0.4) is 0 Å². The molecule has 0 fully saturated rings. The molecule has 0 aromatic heterocycles. The number of carbonyl (C=O) groups excluding carboxylic acids is 2. The van der Waals surface area contributed by atoms with E-state index in [0.717, 1.165) is 96.3 Å². The van der Waals surface area contributed by atoms with E-state index in [2.05, 4.69) is 86.8 Å². The van der Waals surface area contributed by atoms with Gasteiger partial charge in [0.15, 0.2) is 12.1 Å². The van der Waals surface area contributed by atoms with Crippen molar-refractivity contribution in [2.24, 2.45) is 0 Å². The monoisotopic (exact) mass is 863 g/mol. The molecular weight excluding hydrogens is 775 g/mol. The normalized spacial score (nSPS) is 13.9. The molecular formula is C54H88NO7+. The third-order valence-electron chi connectivity index (χ3n) is 10.0. The highest BCUT2D eigenvalue weighted by Crippen LogP contribution is 2.13. The number of nitrogens with zero attached hydrogens (tertiary/aromatic N) is 1. The van der Waals surface area contributed by atoms with Crippen LogP contribution in [0.2, 0.25) is 0 Å². The Morgan fingerprint density at radius 3 is 1.48 bits per heavy atom. The van der Waals surface area contributed by atoms with E-state index in [9.17, 15) is 19.5 Å². The molecule has 0 aliphatic rings. The molecule has 0 heterocycles. The number of esters is 2. The number of rotatable bonds is 41.